The Labute approximate surface area is 94.6 Å². The van der Waals surface area contributed by atoms with E-state index in [0.29, 0.717) is 6.04 Å². The summed E-state index contributed by atoms with van der Waals surface area (Å²) in [6, 6.07) is 2.85. The Morgan fingerprint density at radius 2 is 2.53 bits per heavy atom. The zero-order valence-electron chi connectivity index (χ0n) is 9.08. The van der Waals surface area contributed by atoms with E-state index < -0.39 is 0 Å². The van der Waals surface area contributed by atoms with E-state index in [0.717, 1.165) is 32.4 Å². The number of fused-ring (bicyclic) bond motifs is 2. The van der Waals surface area contributed by atoms with Crippen molar-refractivity contribution in [3.05, 3.63) is 21.9 Å². The minimum absolute atomic E-state index is 0.0480. The van der Waals surface area contributed by atoms with Crippen LogP contribution >= 0.6 is 11.3 Å². The summed E-state index contributed by atoms with van der Waals surface area (Å²) in [4.78, 5) is 1.50. The quantitative estimate of drug-likeness (QED) is 0.728. The predicted octanol–water partition coefficient (Wildman–Crippen LogP) is 2.29. The highest BCUT2D eigenvalue weighted by molar-refractivity contribution is 7.10. The topological polar surface area (TPSA) is 21.3 Å². The van der Waals surface area contributed by atoms with E-state index in [1.54, 1.807) is 0 Å². The molecule has 0 bridgehead atoms. The third-order valence-electron chi connectivity index (χ3n) is 3.57. The second-order valence-corrected chi connectivity index (χ2v) is 5.59. The monoisotopic (exact) mass is 223 g/mol. The molecule has 2 atom stereocenters. The summed E-state index contributed by atoms with van der Waals surface area (Å²) < 4.78 is 6.13. The highest BCUT2D eigenvalue weighted by atomic mass is 32.1. The predicted molar refractivity (Wildman–Crippen MR) is 62.4 cm³/mol. The number of hydrogen-bond donors (Lipinski definition) is 1. The Bertz CT molecular complexity index is 362. The first-order valence-electron chi connectivity index (χ1n) is 5.74. The van der Waals surface area contributed by atoms with Crippen LogP contribution in [0.25, 0.3) is 0 Å². The van der Waals surface area contributed by atoms with Gasteiger partial charge in [0.15, 0.2) is 0 Å². The molecule has 1 unspecified atom stereocenters. The van der Waals surface area contributed by atoms with Crippen molar-refractivity contribution in [1.29, 1.82) is 0 Å². The first-order valence-corrected chi connectivity index (χ1v) is 6.62. The average Bonchev–Trinajstić information content (AvgIpc) is 2.67. The smallest absolute Gasteiger partial charge is 0.105 e. The van der Waals surface area contributed by atoms with Crippen LogP contribution in [0.5, 0.6) is 0 Å². The zero-order chi connectivity index (χ0) is 10.3. The number of nitrogens with one attached hydrogen (secondary N) is 1. The molecule has 1 saturated heterocycles. The molecule has 0 aromatic carbocycles. The third kappa shape index (κ3) is 1.53. The van der Waals surface area contributed by atoms with Gasteiger partial charge < -0.3 is 10.1 Å². The van der Waals surface area contributed by atoms with Crippen molar-refractivity contribution in [2.75, 3.05) is 13.2 Å². The lowest BCUT2D eigenvalue weighted by atomic mass is 9.83. The molecule has 0 amide bonds. The van der Waals surface area contributed by atoms with Crippen molar-refractivity contribution in [2.45, 2.75) is 37.8 Å². The zero-order valence-corrected chi connectivity index (χ0v) is 9.90. The lowest BCUT2D eigenvalue weighted by Crippen LogP contribution is -2.48. The maximum absolute atomic E-state index is 6.13. The molecule has 0 aliphatic carbocycles. The van der Waals surface area contributed by atoms with Crippen LogP contribution in [0.2, 0.25) is 0 Å². The van der Waals surface area contributed by atoms with Gasteiger partial charge in [-0.05, 0) is 49.7 Å². The second kappa shape index (κ2) is 3.58. The van der Waals surface area contributed by atoms with Crippen molar-refractivity contribution in [3.8, 4) is 0 Å². The summed E-state index contributed by atoms with van der Waals surface area (Å²) in [5.74, 6) is 0. The summed E-state index contributed by atoms with van der Waals surface area (Å²) in [5.41, 5.74) is 1.58. The molecule has 2 aliphatic rings. The Balaban J connectivity index is 1.99. The molecule has 82 valence electrons. The number of hydrogen-bond acceptors (Lipinski definition) is 3. The summed E-state index contributed by atoms with van der Waals surface area (Å²) in [7, 11) is 0. The van der Waals surface area contributed by atoms with Crippen molar-refractivity contribution in [3.63, 3.8) is 0 Å². The molecule has 15 heavy (non-hydrogen) atoms. The lowest BCUT2D eigenvalue weighted by Gasteiger charge is -2.42. The normalized spacial score (nSPS) is 35.4. The summed E-state index contributed by atoms with van der Waals surface area (Å²) in [6.45, 7) is 4.24. The molecule has 2 aliphatic heterocycles. The molecule has 0 saturated carbocycles. The van der Waals surface area contributed by atoms with E-state index in [4.69, 9.17) is 4.74 Å². The van der Waals surface area contributed by atoms with Gasteiger partial charge in [-0.2, -0.15) is 0 Å². The molecule has 0 radical (unpaired) electrons. The van der Waals surface area contributed by atoms with Gasteiger partial charge in [0.05, 0.1) is 6.61 Å². The Morgan fingerprint density at radius 1 is 1.60 bits per heavy atom. The van der Waals surface area contributed by atoms with Gasteiger partial charge in [-0.25, -0.2) is 0 Å². The van der Waals surface area contributed by atoms with Crippen molar-refractivity contribution in [1.82, 2.24) is 5.32 Å². The van der Waals surface area contributed by atoms with Crippen LogP contribution in [-0.4, -0.2) is 19.2 Å². The van der Waals surface area contributed by atoms with Crippen molar-refractivity contribution >= 4 is 11.3 Å². The highest BCUT2D eigenvalue weighted by Crippen LogP contribution is 2.43. The van der Waals surface area contributed by atoms with Gasteiger partial charge in [-0.15, -0.1) is 11.3 Å². The fourth-order valence-corrected chi connectivity index (χ4v) is 4.03. The molecule has 2 nitrogen and oxygen atoms in total. The van der Waals surface area contributed by atoms with Crippen LogP contribution in [0.1, 0.15) is 30.2 Å². The first kappa shape index (κ1) is 9.82. The van der Waals surface area contributed by atoms with Crippen LogP contribution in [0, 0.1) is 0 Å². The maximum atomic E-state index is 6.13. The summed E-state index contributed by atoms with van der Waals surface area (Å²) in [5, 5.41) is 5.72. The number of rotatable bonds is 0. The lowest BCUT2D eigenvalue weighted by molar-refractivity contribution is -0.0848. The standard InChI is InChI=1S/C12H17NOS/c1-9-8-12(4-5-13-9)11-10(2-6-14-12)3-7-15-11/h3,7,9,13H,2,4-6,8H2,1H3/t9-,12?/m0/s1. The molecule has 3 rings (SSSR count). The van der Waals surface area contributed by atoms with Crippen LogP contribution in [0.3, 0.4) is 0 Å². The minimum atomic E-state index is 0.0480. The third-order valence-corrected chi connectivity index (χ3v) is 4.71. The van der Waals surface area contributed by atoms with Gasteiger partial charge in [-0.1, -0.05) is 0 Å². The number of ether oxygens (including phenoxy) is 1. The van der Waals surface area contributed by atoms with Crippen LogP contribution in [0.15, 0.2) is 11.4 Å². The van der Waals surface area contributed by atoms with Crippen LogP contribution in [-0.2, 0) is 16.8 Å². The highest BCUT2D eigenvalue weighted by Gasteiger charge is 2.41. The van der Waals surface area contributed by atoms with Gasteiger partial charge in [-0.3, -0.25) is 0 Å². The van der Waals surface area contributed by atoms with Crippen molar-refractivity contribution < 1.29 is 4.74 Å². The van der Waals surface area contributed by atoms with Crippen LogP contribution in [0.4, 0.5) is 0 Å². The molecular weight excluding hydrogens is 206 g/mol. The number of piperidine rings is 1. The minimum Gasteiger partial charge on any atom is -0.369 e. The van der Waals surface area contributed by atoms with E-state index in [1.165, 1.54) is 10.4 Å². The van der Waals surface area contributed by atoms with E-state index in [9.17, 15) is 0 Å². The summed E-state index contributed by atoms with van der Waals surface area (Å²) >= 11 is 1.88. The largest absolute Gasteiger partial charge is 0.369 e. The molecule has 1 fully saturated rings. The Kier molecular flexibility index (Phi) is 2.34. The Hall–Kier alpha value is -0.380. The molecule has 1 aromatic heterocycles. The van der Waals surface area contributed by atoms with E-state index in [1.807, 2.05) is 11.3 Å². The van der Waals surface area contributed by atoms with Gasteiger partial charge in [0.2, 0.25) is 0 Å². The van der Waals surface area contributed by atoms with Gasteiger partial charge >= 0.3 is 0 Å². The molecule has 3 heteroatoms. The van der Waals surface area contributed by atoms with Gasteiger partial charge in [0.25, 0.3) is 0 Å². The first-order chi connectivity index (χ1) is 7.30. The van der Waals surface area contributed by atoms with E-state index in [-0.39, 0.29) is 5.60 Å². The second-order valence-electron chi connectivity index (χ2n) is 4.68. The molecule has 3 heterocycles. The van der Waals surface area contributed by atoms with Crippen molar-refractivity contribution in [2.24, 2.45) is 0 Å². The molecular formula is C12H17NOS. The fourth-order valence-electron chi connectivity index (χ4n) is 2.88. The fraction of sp³-hybridized carbons (Fsp3) is 0.667. The van der Waals surface area contributed by atoms with E-state index >= 15 is 0 Å². The van der Waals surface area contributed by atoms with Crippen LogP contribution < -0.4 is 5.32 Å². The molecule has 1 spiro atoms. The maximum Gasteiger partial charge on any atom is 0.105 e. The average molecular weight is 223 g/mol. The summed E-state index contributed by atoms with van der Waals surface area (Å²) in [6.07, 6.45) is 3.35. The number of thiophene rings is 1. The SMILES string of the molecule is C[C@H]1CC2(CCN1)OCCc1ccsc12. The Morgan fingerprint density at radius 3 is 3.40 bits per heavy atom. The van der Waals surface area contributed by atoms with Gasteiger partial charge in [0.1, 0.15) is 5.60 Å². The van der Waals surface area contributed by atoms with Gasteiger partial charge in [0, 0.05) is 10.9 Å². The molecule has 1 aromatic rings. The van der Waals surface area contributed by atoms with E-state index in [2.05, 4.69) is 23.7 Å². The molecule has 1 N–H and O–H groups in total.